The fourth-order valence-electron chi connectivity index (χ4n) is 5.00. The molecule has 0 spiro atoms. The molecule has 1 aromatic rings. The summed E-state index contributed by atoms with van der Waals surface area (Å²) >= 11 is 0. The number of benzene rings is 1. The molecule has 29 heavy (non-hydrogen) atoms. The molecule has 1 heterocycles. The van der Waals surface area contributed by atoms with Gasteiger partial charge in [-0.15, -0.1) is 0 Å². The summed E-state index contributed by atoms with van der Waals surface area (Å²) < 4.78 is 12.1. The maximum Gasteiger partial charge on any atom is 0.407 e. The van der Waals surface area contributed by atoms with E-state index < -0.39 is 0 Å². The lowest BCUT2D eigenvalue weighted by atomic mass is 9.56. The highest BCUT2D eigenvalue weighted by Gasteiger charge is 2.54. The zero-order valence-electron chi connectivity index (χ0n) is 18.7. The van der Waals surface area contributed by atoms with Gasteiger partial charge in [-0.1, -0.05) is 44.6 Å². The van der Waals surface area contributed by atoms with Gasteiger partial charge >= 0.3 is 6.09 Å². The van der Waals surface area contributed by atoms with Crippen molar-refractivity contribution in [3.8, 4) is 0 Å². The van der Waals surface area contributed by atoms with Crippen LogP contribution in [0, 0.1) is 23.2 Å². The minimum Gasteiger partial charge on any atom is -0.449 e. The third kappa shape index (κ3) is 4.16. The molecule has 3 rings (SSSR count). The van der Waals surface area contributed by atoms with Crippen LogP contribution in [-0.4, -0.2) is 39.9 Å². The predicted octanol–water partition coefficient (Wildman–Crippen LogP) is 4.79. The molecule has 0 unspecified atom stereocenters. The van der Waals surface area contributed by atoms with Crippen molar-refractivity contribution < 1.29 is 14.3 Å². The second-order valence-electron chi connectivity index (χ2n) is 8.97. The van der Waals surface area contributed by atoms with Crippen LogP contribution in [0.5, 0.6) is 0 Å². The number of hydrogen-bond donors (Lipinski definition) is 1. The number of nitrogens with one attached hydrogen (secondary N) is 1. The van der Waals surface area contributed by atoms with Crippen molar-refractivity contribution in [3.05, 3.63) is 41.5 Å². The average Bonchev–Trinajstić information content (AvgIpc) is 2.70. The second kappa shape index (κ2) is 8.78. The van der Waals surface area contributed by atoms with E-state index in [-0.39, 0.29) is 23.5 Å². The van der Waals surface area contributed by atoms with Gasteiger partial charge in [0.25, 0.3) is 0 Å². The Kier molecular flexibility index (Phi) is 6.57. The number of rotatable bonds is 6. The van der Waals surface area contributed by atoms with Crippen LogP contribution in [-0.2, 0) is 9.47 Å². The molecule has 1 aromatic carbocycles. The number of anilines is 1. The van der Waals surface area contributed by atoms with Gasteiger partial charge in [0, 0.05) is 37.7 Å². The number of carbonyl (C=O) groups is 1. The molecule has 1 aliphatic carbocycles. The molecule has 2 aliphatic rings. The maximum absolute atomic E-state index is 12.1. The lowest BCUT2D eigenvalue weighted by molar-refractivity contribution is -0.165. The van der Waals surface area contributed by atoms with Crippen molar-refractivity contribution in [2.75, 3.05) is 38.8 Å². The Morgan fingerprint density at radius 1 is 1.28 bits per heavy atom. The van der Waals surface area contributed by atoms with Gasteiger partial charge in [0.2, 0.25) is 0 Å². The van der Waals surface area contributed by atoms with Crippen molar-refractivity contribution in [2.24, 2.45) is 23.2 Å². The van der Waals surface area contributed by atoms with Crippen LogP contribution >= 0.6 is 0 Å². The summed E-state index contributed by atoms with van der Waals surface area (Å²) in [7, 11) is 4.10. The number of alkyl carbamates (subject to hydrolysis) is 1. The fourth-order valence-corrected chi connectivity index (χ4v) is 5.00. The van der Waals surface area contributed by atoms with Crippen LogP contribution in [0.25, 0.3) is 0 Å². The van der Waals surface area contributed by atoms with Crippen molar-refractivity contribution in [3.63, 3.8) is 0 Å². The molecule has 1 aliphatic heterocycles. The quantitative estimate of drug-likeness (QED) is 0.697. The van der Waals surface area contributed by atoms with Crippen LogP contribution < -0.4 is 10.2 Å². The van der Waals surface area contributed by atoms with Gasteiger partial charge in [0.1, 0.15) is 6.61 Å². The number of ether oxygens (including phenoxy) is 2. The Morgan fingerprint density at radius 3 is 2.59 bits per heavy atom. The highest BCUT2D eigenvalue weighted by molar-refractivity contribution is 5.67. The smallest absolute Gasteiger partial charge is 0.407 e. The number of carbonyl (C=O) groups excluding carboxylic acids is 1. The first-order valence-corrected chi connectivity index (χ1v) is 10.8. The molecule has 2 bridgehead atoms. The van der Waals surface area contributed by atoms with Crippen LogP contribution in [0.3, 0.4) is 0 Å². The molecule has 1 amide bonds. The zero-order chi connectivity index (χ0) is 21.2. The molecule has 0 saturated carbocycles. The lowest BCUT2D eigenvalue weighted by Crippen LogP contribution is -2.54. The third-order valence-corrected chi connectivity index (χ3v) is 6.98. The van der Waals surface area contributed by atoms with E-state index in [9.17, 15) is 4.79 Å². The highest BCUT2D eigenvalue weighted by atomic mass is 16.6. The standard InChI is InChI=1S/C24H36N2O3/c1-7-12-25-23(27)29-15-24-14-28-22(19-8-10-20(11-9-19)26(5)6)21(18(24)4)16(2)13-17(24)3/h8-11,13,17-18,21-22H,7,12,14-15H2,1-6H3,(H,25,27)/t17-,18-,21+,22-,24-/m1/s1. The lowest BCUT2D eigenvalue weighted by Gasteiger charge is -2.55. The first-order chi connectivity index (χ1) is 13.8. The Hall–Kier alpha value is -2.01. The van der Waals surface area contributed by atoms with Crippen LogP contribution in [0.2, 0.25) is 0 Å². The third-order valence-electron chi connectivity index (χ3n) is 6.98. The van der Waals surface area contributed by atoms with Gasteiger partial charge in [-0.05, 0) is 42.9 Å². The van der Waals surface area contributed by atoms with Crippen LogP contribution in [0.15, 0.2) is 35.9 Å². The minimum absolute atomic E-state index is 0.0343. The molecular formula is C24H36N2O3. The van der Waals surface area contributed by atoms with E-state index >= 15 is 0 Å². The summed E-state index contributed by atoms with van der Waals surface area (Å²) in [6, 6.07) is 8.66. The molecule has 1 N–H and O–H groups in total. The first-order valence-electron chi connectivity index (χ1n) is 10.8. The molecule has 160 valence electrons. The first kappa shape index (κ1) is 21.7. The van der Waals surface area contributed by atoms with E-state index in [1.165, 1.54) is 16.8 Å². The number of amides is 1. The summed E-state index contributed by atoms with van der Waals surface area (Å²) in [6.07, 6.45) is 2.97. The van der Waals surface area contributed by atoms with Crippen molar-refractivity contribution in [2.45, 2.75) is 40.2 Å². The van der Waals surface area contributed by atoms with Crippen LogP contribution in [0.1, 0.15) is 45.8 Å². The van der Waals surface area contributed by atoms with Crippen molar-refractivity contribution in [1.29, 1.82) is 0 Å². The Bertz CT molecular complexity index is 743. The molecule has 0 aromatic heterocycles. The second-order valence-corrected chi connectivity index (χ2v) is 8.97. The largest absolute Gasteiger partial charge is 0.449 e. The SMILES string of the molecule is CCCNC(=O)OC[C@]12CO[C@H](c3ccc(N(C)C)cc3)[C@@H](C(C)=C[C@H]1C)[C@H]2C. The molecule has 0 radical (unpaired) electrons. The molecule has 5 heteroatoms. The van der Waals surface area contributed by atoms with E-state index in [1.54, 1.807) is 0 Å². The van der Waals surface area contributed by atoms with E-state index in [1.807, 2.05) is 6.92 Å². The fraction of sp³-hybridized carbons (Fsp3) is 0.625. The zero-order valence-corrected chi connectivity index (χ0v) is 18.7. The molecule has 5 nitrogen and oxygen atoms in total. The van der Waals surface area contributed by atoms with Gasteiger partial charge in [-0.3, -0.25) is 0 Å². The van der Waals surface area contributed by atoms with Gasteiger partial charge in [-0.25, -0.2) is 4.79 Å². The summed E-state index contributed by atoms with van der Waals surface area (Å²) in [5, 5.41) is 2.81. The van der Waals surface area contributed by atoms with E-state index in [0.29, 0.717) is 31.6 Å². The molecule has 1 saturated heterocycles. The monoisotopic (exact) mass is 400 g/mol. The predicted molar refractivity (Wildman–Crippen MR) is 117 cm³/mol. The summed E-state index contributed by atoms with van der Waals surface area (Å²) in [5.41, 5.74) is 3.58. The summed E-state index contributed by atoms with van der Waals surface area (Å²) in [5.74, 6) is 0.936. The number of nitrogens with zero attached hydrogens (tertiary/aromatic N) is 1. The van der Waals surface area contributed by atoms with Gasteiger partial charge in [-0.2, -0.15) is 0 Å². The normalized spacial score (nSPS) is 31.0. The summed E-state index contributed by atoms with van der Waals surface area (Å²) in [4.78, 5) is 14.2. The Balaban J connectivity index is 1.81. The highest BCUT2D eigenvalue weighted by Crippen LogP contribution is 2.56. The minimum atomic E-state index is -0.329. The number of hydrogen-bond acceptors (Lipinski definition) is 4. The maximum atomic E-state index is 12.1. The van der Waals surface area contributed by atoms with Gasteiger partial charge in [0.05, 0.1) is 12.7 Å². The van der Waals surface area contributed by atoms with Crippen molar-refractivity contribution in [1.82, 2.24) is 5.32 Å². The van der Waals surface area contributed by atoms with Crippen molar-refractivity contribution >= 4 is 11.8 Å². The molecule has 5 atom stereocenters. The number of fused-ring (bicyclic) bond motifs is 2. The summed E-state index contributed by atoms with van der Waals surface area (Å²) in [6.45, 7) is 10.4. The number of allylic oxidation sites excluding steroid dienone is 1. The van der Waals surface area contributed by atoms with Gasteiger partial charge in [0.15, 0.2) is 0 Å². The average molecular weight is 401 g/mol. The van der Waals surface area contributed by atoms with Crippen LogP contribution in [0.4, 0.5) is 10.5 Å². The van der Waals surface area contributed by atoms with E-state index in [2.05, 4.69) is 75.4 Å². The topological polar surface area (TPSA) is 50.8 Å². The van der Waals surface area contributed by atoms with E-state index in [4.69, 9.17) is 9.47 Å². The Labute approximate surface area is 175 Å². The molecule has 1 fully saturated rings. The molecular weight excluding hydrogens is 364 g/mol. The Morgan fingerprint density at radius 2 is 1.97 bits per heavy atom. The van der Waals surface area contributed by atoms with Gasteiger partial charge < -0.3 is 19.7 Å². The van der Waals surface area contributed by atoms with E-state index in [0.717, 1.165) is 6.42 Å².